The van der Waals surface area contributed by atoms with Gasteiger partial charge in [-0.05, 0) is 67.6 Å². The predicted molar refractivity (Wildman–Crippen MR) is 107 cm³/mol. The van der Waals surface area contributed by atoms with Gasteiger partial charge in [0.25, 0.3) is 15.9 Å². The average molecular weight is 402 g/mol. The second-order valence-corrected chi connectivity index (χ2v) is 8.69. The van der Waals surface area contributed by atoms with E-state index >= 15 is 0 Å². The molecule has 0 saturated carbocycles. The van der Waals surface area contributed by atoms with Crippen LogP contribution in [-0.4, -0.2) is 21.4 Å². The van der Waals surface area contributed by atoms with Gasteiger partial charge in [-0.2, -0.15) is 0 Å². The van der Waals surface area contributed by atoms with Crippen molar-refractivity contribution in [3.05, 3.63) is 70.4 Å². The average Bonchev–Trinajstić information content (AvgIpc) is 3.09. The summed E-state index contributed by atoms with van der Waals surface area (Å²) in [6, 6.07) is 16.2. The lowest BCUT2D eigenvalue weighted by molar-refractivity contribution is 0.103. The lowest BCUT2D eigenvalue weighted by Crippen LogP contribution is -2.13. The van der Waals surface area contributed by atoms with Crippen LogP contribution >= 0.6 is 11.3 Å². The molecule has 0 fully saturated rings. The third kappa shape index (κ3) is 4.66. The van der Waals surface area contributed by atoms with Gasteiger partial charge in [0.2, 0.25) is 0 Å². The molecule has 6 nitrogen and oxygen atoms in total. The van der Waals surface area contributed by atoms with E-state index in [0.717, 1.165) is 4.88 Å². The maximum Gasteiger partial charge on any atom is 0.265 e. The molecule has 0 radical (unpaired) electrons. The SMILES string of the molecule is COc1ccc(NS(=O)(=O)c2ccc(NC(=O)c3ccc(C)s3)cc2)cc1. The maximum atomic E-state index is 12.5. The zero-order chi connectivity index (χ0) is 19.4. The van der Waals surface area contributed by atoms with Gasteiger partial charge in [0.1, 0.15) is 5.75 Å². The van der Waals surface area contributed by atoms with Gasteiger partial charge in [0, 0.05) is 16.3 Å². The summed E-state index contributed by atoms with van der Waals surface area (Å²) < 4.78 is 32.5. The highest BCUT2D eigenvalue weighted by molar-refractivity contribution is 7.92. The zero-order valence-corrected chi connectivity index (χ0v) is 16.4. The van der Waals surface area contributed by atoms with Crippen molar-refractivity contribution in [1.82, 2.24) is 0 Å². The van der Waals surface area contributed by atoms with E-state index < -0.39 is 10.0 Å². The van der Waals surface area contributed by atoms with E-state index in [1.807, 2.05) is 13.0 Å². The Morgan fingerprint density at radius 1 is 0.926 bits per heavy atom. The van der Waals surface area contributed by atoms with Crippen LogP contribution in [-0.2, 0) is 10.0 Å². The fourth-order valence-electron chi connectivity index (χ4n) is 2.34. The summed E-state index contributed by atoms with van der Waals surface area (Å²) in [5, 5.41) is 2.75. The number of nitrogens with one attached hydrogen (secondary N) is 2. The molecule has 0 aliphatic rings. The Kier molecular flexibility index (Phi) is 5.48. The number of thiophene rings is 1. The first-order chi connectivity index (χ1) is 12.9. The van der Waals surface area contributed by atoms with Crippen molar-refractivity contribution in [2.24, 2.45) is 0 Å². The fourth-order valence-corrected chi connectivity index (χ4v) is 4.16. The molecule has 1 heterocycles. The Bertz CT molecular complexity index is 1040. The predicted octanol–water partition coefficient (Wildman–Crippen LogP) is 4.12. The number of aryl methyl sites for hydroxylation is 1. The molecule has 0 aliphatic carbocycles. The number of sulfonamides is 1. The lowest BCUT2D eigenvalue weighted by atomic mass is 10.3. The first-order valence-corrected chi connectivity index (χ1v) is 10.3. The first kappa shape index (κ1) is 18.9. The molecule has 2 N–H and O–H groups in total. The number of anilines is 2. The smallest absolute Gasteiger partial charge is 0.265 e. The summed E-state index contributed by atoms with van der Waals surface area (Å²) in [6.07, 6.45) is 0. The van der Waals surface area contributed by atoms with Crippen LogP contribution in [0.15, 0.2) is 65.6 Å². The van der Waals surface area contributed by atoms with Crippen molar-refractivity contribution >= 4 is 38.6 Å². The van der Waals surface area contributed by atoms with Gasteiger partial charge in [-0.25, -0.2) is 8.42 Å². The van der Waals surface area contributed by atoms with Crippen LogP contribution in [0.5, 0.6) is 5.75 Å². The number of benzene rings is 2. The summed E-state index contributed by atoms with van der Waals surface area (Å²) in [5.41, 5.74) is 0.954. The number of hydrogen-bond acceptors (Lipinski definition) is 5. The number of rotatable bonds is 6. The Hall–Kier alpha value is -2.84. The highest BCUT2D eigenvalue weighted by Crippen LogP contribution is 2.21. The summed E-state index contributed by atoms with van der Waals surface area (Å²) in [6.45, 7) is 1.93. The molecule has 0 spiro atoms. The van der Waals surface area contributed by atoms with Crippen LogP contribution < -0.4 is 14.8 Å². The number of carbonyl (C=O) groups excluding carboxylic acids is 1. The van der Waals surface area contributed by atoms with Gasteiger partial charge in [0.15, 0.2) is 0 Å². The molecule has 0 atom stereocenters. The highest BCUT2D eigenvalue weighted by atomic mass is 32.2. The summed E-state index contributed by atoms with van der Waals surface area (Å²) in [4.78, 5) is 13.9. The van der Waals surface area contributed by atoms with Gasteiger partial charge >= 0.3 is 0 Å². The molecule has 0 aliphatic heterocycles. The van der Waals surface area contributed by atoms with Crippen molar-refractivity contribution in [2.75, 3.05) is 17.1 Å². The van der Waals surface area contributed by atoms with Gasteiger partial charge in [-0.1, -0.05) is 0 Å². The van der Waals surface area contributed by atoms with E-state index in [1.54, 1.807) is 49.6 Å². The van der Waals surface area contributed by atoms with E-state index in [9.17, 15) is 13.2 Å². The topological polar surface area (TPSA) is 84.5 Å². The van der Waals surface area contributed by atoms with Crippen LogP contribution in [0.1, 0.15) is 14.5 Å². The quantitative estimate of drug-likeness (QED) is 0.650. The van der Waals surface area contributed by atoms with Crippen LogP contribution in [0.2, 0.25) is 0 Å². The van der Waals surface area contributed by atoms with Crippen LogP contribution in [0.25, 0.3) is 0 Å². The largest absolute Gasteiger partial charge is 0.497 e. The second kappa shape index (κ2) is 7.81. The van der Waals surface area contributed by atoms with Crippen molar-refractivity contribution in [3.8, 4) is 5.75 Å². The van der Waals surface area contributed by atoms with Gasteiger partial charge < -0.3 is 10.1 Å². The van der Waals surface area contributed by atoms with Crippen molar-refractivity contribution < 1.29 is 17.9 Å². The van der Waals surface area contributed by atoms with Gasteiger partial charge in [-0.3, -0.25) is 9.52 Å². The standard InChI is InChI=1S/C19H18N2O4S2/c1-13-3-12-18(26-13)19(22)20-14-6-10-17(11-7-14)27(23,24)21-15-4-8-16(25-2)9-5-15/h3-12,21H,1-2H3,(H,20,22). The lowest BCUT2D eigenvalue weighted by Gasteiger charge is -2.10. The number of ether oxygens (including phenoxy) is 1. The molecule has 0 saturated heterocycles. The monoisotopic (exact) mass is 402 g/mol. The highest BCUT2D eigenvalue weighted by Gasteiger charge is 2.15. The Labute approximate surface area is 161 Å². The zero-order valence-electron chi connectivity index (χ0n) is 14.7. The number of carbonyl (C=O) groups is 1. The molecule has 3 rings (SSSR count). The molecular weight excluding hydrogens is 384 g/mol. The molecule has 8 heteroatoms. The fraction of sp³-hybridized carbons (Fsp3) is 0.105. The van der Waals surface area contributed by atoms with Crippen molar-refractivity contribution in [2.45, 2.75) is 11.8 Å². The molecule has 27 heavy (non-hydrogen) atoms. The van der Waals surface area contributed by atoms with E-state index in [4.69, 9.17) is 4.74 Å². The van der Waals surface area contributed by atoms with E-state index in [0.29, 0.717) is 22.0 Å². The normalized spacial score (nSPS) is 11.0. The third-order valence-electron chi connectivity index (χ3n) is 3.73. The molecule has 140 valence electrons. The van der Waals surface area contributed by atoms with E-state index in [2.05, 4.69) is 10.0 Å². The van der Waals surface area contributed by atoms with Gasteiger partial charge in [-0.15, -0.1) is 11.3 Å². The molecule has 0 unspecified atom stereocenters. The Morgan fingerprint density at radius 2 is 1.56 bits per heavy atom. The summed E-state index contributed by atoms with van der Waals surface area (Å²) in [5.74, 6) is 0.416. The molecule has 1 amide bonds. The molecular formula is C19H18N2O4S2. The first-order valence-electron chi connectivity index (χ1n) is 8.02. The molecule has 3 aromatic rings. The second-order valence-electron chi connectivity index (χ2n) is 5.72. The van der Waals surface area contributed by atoms with Crippen molar-refractivity contribution in [1.29, 1.82) is 0 Å². The number of hydrogen-bond donors (Lipinski definition) is 2. The van der Waals surface area contributed by atoms with Crippen LogP contribution in [0.3, 0.4) is 0 Å². The number of amides is 1. The minimum atomic E-state index is -3.73. The molecule has 2 aromatic carbocycles. The van der Waals surface area contributed by atoms with E-state index in [-0.39, 0.29) is 10.8 Å². The van der Waals surface area contributed by atoms with Crippen molar-refractivity contribution in [3.63, 3.8) is 0 Å². The van der Waals surface area contributed by atoms with Gasteiger partial charge in [0.05, 0.1) is 16.9 Å². The third-order valence-corrected chi connectivity index (χ3v) is 6.13. The number of methoxy groups -OCH3 is 1. The minimum Gasteiger partial charge on any atom is -0.497 e. The summed E-state index contributed by atoms with van der Waals surface area (Å²) in [7, 11) is -2.19. The van der Waals surface area contributed by atoms with Crippen LogP contribution in [0.4, 0.5) is 11.4 Å². The maximum absolute atomic E-state index is 12.5. The molecule has 1 aromatic heterocycles. The van der Waals surface area contributed by atoms with E-state index in [1.165, 1.54) is 23.5 Å². The minimum absolute atomic E-state index is 0.100. The Morgan fingerprint density at radius 3 is 2.11 bits per heavy atom. The Balaban J connectivity index is 1.70. The molecule has 0 bridgehead atoms. The summed E-state index contributed by atoms with van der Waals surface area (Å²) >= 11 is 1.40. The van der Waals surface area contributed by atoms with Crippen LogP contribution in [0, 0.1) is 6.92 Å².